The van der Waals surface area contributed by atoms with Gasteiger partial charge in [0.05, 0.1) is 6.42 Å². The second kappa shape index (κ2) is 8.11. The highest BCUT2D eigenvalue weighted by Gasteiger charge is 2.26. The lowest BCUT2D eigenvalue weighted by Crippen LogP contribution is -2.28. The van der Waals surface area contributed by atoms with Crippen molar-refractivity contribution in [3.05, 3.63) is 29.8 Å². The first-order valence-electron chi connectivity index (χ1n) is 6.53. The average Bonchev–Trinajstić information content (AvgIpc) is 2.38. The Morgan fingerprint density at radius 1 is 1.20 bits per heavy atom. The van der Waals surface area contributed by atoms with Crippen LogP contribution in [0.1, 0.15) is 12.0 Å². The van der Waals surface area contributed by atoms with Gasteiger partial charge < -0.3 is 15.0 Å². The molecule has 3 nitrogen and oxygen atoms in total. The molecule has 1 N–H and O–H groups in total. The van der Waals surface area contributed by atoms with Crippen molar-refractivity contribution in [3.8, 4) is 5.75 Å². The molecule has 1 aromatic rings. The molecular weight excluding hydrogens is 269 g/mol. The molecule has 0 saturated heterocycles. The summed E-state index contributed by atoms with van der Waals surface area (Å²) in [5.74, 6) is 0.770. The van der Waals surface area contributed by atoms with Crippen molar-refractivity contribution in [2.45, 2.75) is 19.1 Å². The van der Waals surface area contributed by atoms with Crippen LogP contribution in [0.5, 0.6) is 5.75 Å². The average molecular weight is 290 g/mol. The molecule has 0 heterocycles. The van der Waals surface area contributed by atoms with Gasteiger partial charge in [-0.25, -0.2) is 0 Å². The number of likely N-dealkylation sites (N-methyl/N-ethyl adjacent to an activating group) is 1. The summed E-state index contributed by atoms with van der Waals surface area (Å²) in [4.78, 5) is 1.62. The van der Waals surface area contributed by atoms with E-state index in [-0.39, 0.29) is 6.54 Å². The van der Waals surface area contributed by atoms with Crippen molar-refractivity contribution in [1.29, 1.82) is 0 Å². The van der Waals surface area contributed by atoms with Crippen LogP contribution in [0.15, 0.2) is 24.3 Å². The van der Waals surface area contributed by atoms with Gasteiger partial charge in [0, 0.05) is 25.2 Å². The standard InChI is InChI=1S/C14H21F3N2O/c1-18-11-12-5-3-4-6-13(12)20-10-9-19(2)8-7-14(15,16)17/h3-6,18H,7-11H2,1-2H3. The van der Waals surface area contributed by atoms with Gasteiger partial charge in [0.1, 0.15) is 12.4 Å². The molecule has 1 rings (SSSR count). The Bertz CT molecular complexity index is 396. The molecule has 0 unspecified atom stereocenters. The van der Waals surface area contributed by atoms with E-state index in [2.05, 4.69) is 5.32 Å². The fourth-order valence-corrected chi connectivity index (χ4v) is 1.72. The van der Waals surface area contributed by atoms with Crippen LogP contribution >= 0.6 is 0 Å². The van der Waals surface area contributed by atoms with Gasteiger partial charge in [0.2, 0.25) is 0 Å². The minimum absolute atomic E-state index is 0.00891. The molecule has 0 atom stereocenters. The highest BCUT2D eigenvalue weighted by Crippen LogP contribution is 2.20. The molecule has 1 aromatic carbocycles. The van der Waals surface area contributed by atoms with E-state index < -0.39 is 12.6 Å². The number of benzene rings is 1. The Labute approximate surface area is 117 Å². The van der Waals surface area contributed by atoms with Crippen LogP contribution in [-0.2, 0) is 6.54 Å². The molecule has 0 radical (unpaired) electrons. The zero-order chi connectivity index (χ0) is 15.0. The monoisotopic (exact) mass is 290 g/mol. The fraction of sp³-hybridized carbons (Fsp3) is 0.571. The first kappa shape index (κ1) is 16.8. The smallest absolute Gasteiger partial charge is 0.390 e. The van der Waals surface area contributed by atoms with Crippen molar-refractivity contribution < 1.29 is 17.9 Å². The van der Waals surface area contributed by atoms with Crippen molar-refractivity contribution in [3.63, 3.8) is 0 Å². The van der Waals surface area contributed by atoms with E-state index in [9.17, 15) is 13.2 Å². The van der Waals surface area contributed by atoms with Gasteiger partial charge in [-0.3, -0.25) is 0 Å². The number of hydrogen-bond acceptors (Lipinski definition) is 3. The predicted octanol–water partition coefficient (Wildman–Crippen LogP) is 2.67. The number of hydrogen-bond donors (Lipinski definition) is 1. The lowest BCUT2D eigenvalue weighted by Gasteiger charge is -2.18. The molecule has 114 valence electrons. The quantitative estimate of drug-likeness (QED) is 0.796. The summed E-state index contributed by atoms with van der Waals surface area (Å²) < 4.78 is 41.9. The van der Waals surface area contributed by atoms with Crippen LogP contribution in [0.2, 0.25) is 0 Å². The Morgan fingerprint density at radius 2 is 1.90 bits per heavy atom. The van der Waals surface area contributed by atoms with Crippen LogP contribution in [0.4, 0.5) is 13.2 Å². The van der Waals surface area contributed by atoms with Crippen molar-refractivity contribution in [2.24, 2.45) is 0 Å². The minimum atomic E-state index is -4.10. The highest BCUT2D eigenvalue weighted by molar-refractivity contribution is 5.33. The molecule has 0 bridgehead atoms. The number of para-hydroxylation sites is 1. The maximum atomic E-state index is 12.1. The maximum Gasteiger partial charge on any atom is 0.390 e. The largest absolute Gasteiger partial charge is 0.492 e. The third-order valence-electron chi connectivity index (χ3n) is 2.85. The van der Waals surface area contributed by atoms with Crippen LogP contribution < -0.4 is 10.1 Å². The van der Waals surface area contributed by atoms with E-state index >= 15 is 0 Å². The molecular formula is C14H21F3N2O. The normalized spacial score (nSPS) is 11.9. The molecule has 0 saturated carbocycles. The summed E-state index contributed by atoms with van der Waals surface area (Å²) in [5, 5.41) is 3.05. The summed E-state index contributed by atoms with van der Waals surface area (Å²) in [6.45, 7) is 1.52. The Morgan fingerprint density at radius 3 is 2.55 bits per heavy atom. The molecule has 0 spiro atoms. The van der Waals surface area contributed by atoms with Crippen LogP contribution in [0.3, 0.4) is 0 Å². The molecule has 6 heteroatoms. The van der Waals surface area contributed by atoms with E-state index in [1.54, 1.807) is 11.9 Å². The van der Waals surface area contributed by atoms with E-state index in [4.69, 9.17) is 4.74 Å². The van der Waals surface area contributed by atoms with E-state index in [0.29, 0.717) is 19.7 Å². The summed E-state index contributed by atoms with van der Waals surface area (Å²) in [5.41, 5.74) is 1.04. The van der Waals surface area contributed by atoms with Gasteiger partial charge >= 0.3 is 6.18 Å². The first-order valence-corrected chi connectivity index (χ1v) is 6.53. The maximum absolute atomic E-state index is 12.1. The lowest BCUT2D eigenvalue weighted by molar-refractivity contribution is -0.137. The summed E-state index contributed by atoms with van der Waals surface area (Å²) in [6, 6.07) is 7.62. The summed E-state index contributed by atoms with van der Waals surface area (Å²) in [6.07, 6.45) is -4.89. The second-order valence-corrected chi connectivity index (χ2v) is 4.65. The van der Waals surface area contributed by atoms with Gasteiger partial charge in [-0.1, -0.05) is 18.2 Å². The number of ether oxygens (including phenoxy) is 1. The molecule has 0 amide bonds. The molecule has 0 aliphatic carbocycles. The molecule has 0 aliphatic heterocycles. The molecule has 0 fully saturated rings. The van der Waals surface area contributed by atoms with Gasteiger partial charge in [-0.2, -0.15) is 13.2 Å². The van der Waals surface area contributed by atoms with Crippen LogP contribution in [0.25, 0.3) is 0 Å². The van der Waals surface area contributed by atoms with E-state index in [1.807, 2.05) is 31.3 Å². The van der Waals surface area contributed by atoms with Crippen LogP contribution in [0, 0.1) is 0 Å². The second-order valence-electron chi connectivity index (χ2n) is 4.65. The van der Waals surface area contributed by atoms with Crippen molar-refractivity contribution in [2.75, 3.05) is 33.8 Å². The number of rotatable bonds is 8. The molecule has 0 aromatic heterocycles. The van der Waals surface area contributed by atoms with Crippen LogP contribution in [-0.4, -0.2) is 44.9 Å². The van der Waals surface area contributed by atoms with Crippen molar-refractivity contribution in [1.82, 2.24) is 10.2 Å². The summed E-state index contributed by atoms with van der Waals surface area (Å²) >= 11 is 0. The zero-order valence-electron chi connectivity index (χ0n) is 11.8. The van der Waals surface area contributed by atoms with Gasteiger partial charge in [-0.05, 0) is 20.2 Å². The fourth-order valence-electron chi connectivity index (χ4n) is 1.72. The first-order chi connectivity index (χ1) is 9.42. The SMILES string of the molecule is CNCc1ccccc1OCCN(C)CCC(F)(F)F. The minimum Gasteiger partial charge on any atom is -0.492 e. The summed E-state index contributed by atoms with van der Waals surface area (Å²) in [7, 11) is 3.51. The Kier molecular flexibility index (Phi) is 6.81. The topological polar surface area (TPSA) is 24.5 Å². The number of halogens is 3. The Balaban J connectivity index is 2.33. The van der Waals surface area contributed by atoms with E-state index in [0.717, 1.165) is 11.3 Å². The highest BCUT2D eigenvalue weighted by atomic mass is 19.4. The third-order valence-corrected chi connectivity index (χ3v) is 2.85. The number of alkyl halides is 3. The van der Waals surface area contributed by atoms with Gasteiger partial charge in [0.25, 0.3) is 0 Å². The third kappa shape index (κ3) is 6.77. The van der Waals surface area contributed by atoms with E-state index in [1.165, 1.54) is 0 Å². The molecule has 20 heavy (non-hydrogen) atoms. The van der Waals surface area contributed by atoms with Gasteiger partial charge in [0.15, 0.2) is 0 Å². The lowest BCUT2D eigenvalue weighted by atomic mass is 10.2. The number of nitrogens with one attached hydrogen (secondary N) is 1. The van der Waals surface area contributed by atoms with Crippen molar-refractivity contribution >= 4 is 0 Å². The molecule has 0 aliphatic rings. The zero-order valence-corrected chi connectivity index (χ0v) is 11.8. The Hall–Kier alpha value is -1.27. The predicted molar refractivity (Wildman–Crippen MR) is 72.9 cm³/mol. The van der Waals surface area contributed by atoms with Gasteiger partial charge in [-0.15, -0.1) is 0 Å². The number of nitrogens with zero attached hydrogens (tertiary/aromatic N) is 1.